The van der Waals surface area contributed by atoms with E-state index in [9.17, 15) is 0 Å². The Hall–Kier alpha value is 0.310. The molecule has 0 bridgehead atoms. The fourth-order valence-corrected chi connectivity index (χ4v) is 2.07. The van der Waals surface area contributed by atoms with Gasteiger partial charge >= 0.3 is 0 Å². The van der Waals surface area contributed by atoms with Crippen molar-refractivity contribution < 1.29 is 5.11 Å². The molecule has 2 heteroatoms. The average Bonchev–Trinajstić information content (AvgIpc) is 1.89. The molecule has 62 valence electrons. The minimum absolute atomic E-state index is 0.367. The molecule has 0 amide bonds. The van der Waals surface area contributed by atoms with Crippen LogP contribution in [0.2, 0.25) is 0 Å². The second-order valence-electron chi connectivity index (χ2n) is 2.62. The maximum Gasteiger partial charge on any atom is 0.130 e. The molecule has 10 heavy (non-hydrogen) atoms. The second-order valence-corrected chi connectivity index (χ2v) is 5.00. The molecule has 0 spiro atoms. The molecule has 0 heterocycles. The third kappa shape index (κ3) is 6.43. The van der Waals surface area contributed by atoms with Gasteiger partial charge in [-0.25, -0.2) is 0 Å². The van der Waals surface area contributed by atoms with Gasteiger partial charge < -0.3 is 5.11 Å². The number of hydrogen-bond acceptors (Lipinski definition) is 1. The molecule has 0 aliphatic heterocycles. The van der Waals surface area contributed by atoms with Gasteiger partial charge in [0.2, 0.25) is 0 Å². The van der Waals surface area contributed by atoms with E-state index in [1.165, 1.54) is 25.0 Å². The van der Waals surface area contributed by atoms with Crippen molar-refractivity contribution >= 4 is 10.9 Å². The summed E-state index contributed by atoms with van der Waals surface area (Å²) < 4.78 is 0. The maximum absolute atomic E-state index is 8.60. The van der Waals surface area contributed by atoms with Crippen LogP contribution in [0.5, 0.6) is 0 Å². The summed E-state index contributed by atoms with van der Waals surface area (Å²) in [4.78, 5) is 0. The van der Waals surface area contributed by atoms with Crippen LogP contribution in [-0.4, -0.2) is 29.5 Å². The van der Waals surface area contributed by atoms with E-state index in [0.29, 0.717) is 17.5 Å². The first kappa shape index (κ1) is 10.3. The normalized spacial score (nSPS) is 13.5. The molecule has 0 saturated carbocycles. The molecule has 1 atom stereocenters. The Balaban J connectivity index is 2.97. The first-order valence-corrected chi connectivity index (χ1v) is 5.98. The van der Waals surface area contributed by atoms with Crippen molar-refractivity contribution in [3.63, 3.8) is 0 Å². The summed E-state index contributed by atoms with van der Waals surface area (Å²) in [5, 5.41) is 8.60. The summed E-state index contributed by atoms with van der Waals surface area (Å²) in [5.74, 6) is 2.32. The van der Waals surface area contributed by atoms with Crippen molar-refractivity contribution in [3.8, 4) is 0 Å². The molecular formula is C8H19OS+. The van der Waals surface area contributed by atoms with Crippen LogP contribution in [0, 0.1) is 0 Å². The van der Waals surface area contributed by atoms with E-state index in [0.717, 1.165) is 5.75 Å². The highest BCUT2D eigenvalue weighted by Crippen LogP contribution is 1.99. The van der Waals surface area contributed by atoms with Crippen LogP contribution in [0.1, 0.15) is 26.2 Å². The number of aliphatic hydroxyl groups is 1. The second kappa shape index (κ2) is 7.42. The first-order valence-electron chi connectivity index (χ1n) is 4.01. The van der Waals surface area contributed by atoms with Gasteiger partial charge in [0.05, 0.1) is 12.9 Å². The molecule has 0 fully saturated rings. The van der Waals surface area contributed by atoms with Gasteiger partial charge in [-0.05, 0) is 23.7 Å². The molecule has 0 aromatic rings. The summed E-state index contributed by atoms with van der Waals surface area (Å²) >= 11 is 0. The molecule has 0 aliphatic rings. The van der Waals surface area contributed by atoms with E-state index in [1.54, 1.807) is 0 Å². The largest absolute Gasteiger partial charge is 0.391 e. The van der Waals surface area contributed by atoms with Gasteiger partial charge in [-0.3, -0.25) is 0 Å². The molecule has 0 rings (SSSR count). The average molecular weight is 163 g/mol. The lowest BCUT2D eigenvalue weighted by Crippen LogP contribution is -2.12. The summed E-state index contributed by atoms with van der Waals surface area (Å²) in [6.07, 6.45) is 6.24. The van der Waals surface area contributed by atoms with E-state index in [4.69, 9.17) is 5.11 Å². The Labute approximate surface area is 67.2 Å². The zero-order chi connectivity index (χ0) is 7.82. The van der Waals surface area contributed by atoms with Gasteiger partial charge in [-0.1, -0.05) is 13.3 Å². The third-order valence-corrected chi connectivity index (χ3v) is 3.40. The molecule has 1 unspecified atom stereocenters. The van der Waals surface area contributed by atoms with E-state index >= 15 is 0 Å². The third-order valence-electron chi connectivity index (χ3n) is 1.54. The van der Waals surface area contributed by atoms with Crippen LogP contribution < -0.4 is 0 Å². The Morgan fingerprint density at radius 3 is 2.40 bits per heavy atom. The highest BCUT2D eigenvalue weighted by Gasteiger charge is 2.07. The summed E-state index contributed by atoms with van der Waals surface area (Å²) in [5.41, 5.74) is 0. The number of hydrogen-bond donors (Lipinski definition) is 1. The lowest BCUT2D eigenvalue weighted by molar-refractivity contribution is 0.322. The van der Waals surface area contributed by atoms with Crippen molar-refractivity contribution in [2.75, 3.05) is 24.4 Å². The van der Waals surface area contributed by atoms with Crippen molar-refractivity contribution in [1.82, 2.24) is 0 Å². The lowest BCUT2D eigenvalue weighted by Gasteiger charge is -1.99. The van der Waals surface area contributed by atoms with Crippen molar-refractivity contribution in [3.05, 3.63) is 0 Å². The summed E-state index contributed by atoms with van der Waals surface area (Å²) in [6, 6.07) is 0. The van der Waals surface area contributed by atoms with E-state index in [-0.39, 0.29) is 0 Å². The highest BCUT2D eigenvalue weighted by molar-refractivity contribution is 7.96. The van der Waals surface area contributed by atoms with Gasteiger partial charge in [0.15, 0.2) is 0 Å². The highest BCUT2D eigenvalue weighted by atomic mass is 32.2. The van der Waals surface area contributed by atoms with E-state index < -0.39 is 0 Å². The van der Waals surface area contributed by atoms with Crippen LogP contribution >= 0.6 is 0 Å². The molecule has 0 aromatic carbocycles. The Kier molecular flexibility index (Phi) is 7.65. The Morgan fingerprint density at radius 1 is 1.20 bits per heavy atom. The molecule has 1 nitrogen and oxygen atoms in total. The minimum atomic E-state index is 0.367. The van der Waals surface area contributed by atoms with Crippen LogP contribution in [0.4, 0.5) is 0 Å². The molecule has 0 radical (unpaired) electrons. The molecule has 0 aliphatic carbocycles. The fraction of sp³-hybridized carbons (Fsp3) is 1.00. The van der Waals surface area contributed by atoms with Crippen LogP contribution in [0.25, 0.3) is 0 Å². The standard InChI is InChI=1S/C8H19OS/c1-3-4-5-7-10(2)8-6-9/h9H,3-8H2,1-2H3/q+1. The zero-order valence-corrected chi connectivity index (χ0v) is 7.91. The molecule has 0 aromatic heterocycles. The topological polar surface area (TPSA) is 20.2 Å². The predicted molar refractivity (Wildman–Crippen MR) is 49.6 cm³/mol. The number of unbranched alkanes of at least 4 members (excludes halogenated alkanes) is 2. The fourth-order valence-electron chi connectivity index (χ4n) is 0.856. The zero-order valence-electron chi connectivity index (χ0n) is 7.10. The lowest BCUT2D eigenvalue weighted by atomic mass is 10.3. The Morgan fingerprint density at radius 2 is 1.90 bits per heavy atom. The van der Waals surface area contributed by atoms with E-state index in [2.05, 4.69) is 13.2 Å². The van der Waals surface area contributed by atoms with E-state index in [1.807, 2.05) is 0 Å². The number of rotatable bonds is 6. The monoisotopic (exact) mass is 163 g/mol. The van der Waals surface area contributed by atoms with Crippen molar-refractivity contribution in [2.24, 2.45) is 0 Å². The van der Waals surface area contributed by atoms with Gasteiger partial charge in [0, 0.05) is 0 Å². The van der Waals surface area contributed by atoms with Gasteiger partial charge in [0.25, 0.3) is 0 Å². The van der Waals surface area contributed by atoms with Crippen molar-refractivity contribution in [2.45, 2.75) is 26.2 Å². The molecule has 0 saturated heterocycles. The molecule has 1 N–H and O–H groups in total. The maximum atomic E-state index is 8.60. The van der Waals surface area contributed by atoms with Crippen LogP contribution in [0.3, 0.4) is 0 Å². The summed E-state index contributed by atoms with van der Waals surface area (Å²) in [6.45, 7) is 2.59. The van der Waals surface area contributed by atoms with Crippen LogP contribution in [0.15, 0.2) is 0 Å². The predicted octanol–water partition coefficient (Wildman–Crippen LogP) is 1.42. The van der Waals surface area contributed by atoms with Crippen LogP contribution in [-0.2, 0) is 10.9 Å². The summed E-state index contributed by atoms with van der Waals surface area (Å²) in [7, 11) is 0.478. The molecular weight excluding hydrogens is 144 g/mol. The smallest absolute Gasteiger partial charge is 0.130 e. The van der Waals surface area contributed by atoms with Crippen molar-refractivity contribution in [1.29, 1.82) is 0 Å². The van der Waals surface area contributed by atoms with Gasteiger partial charge in [-0.15, -0.1) is 0 Å². The first-order chi connectivity index (χ1) is 4.81. The SMILES string of the molecule is CCCCC[S+](C)CCO. The quantitative estimate of drug-likeness (QED) is 0.464. The number of aliphatic hydroxyl groups excluding tert-OH is 1. The van der Waals surface area contributed by atoms with Gasteiger partial charge in [0.1, 0.15) is 11.5 Å². The van der Waals surface area contributed by atoms with Gasteiger partial charge in [-0.2, -0.15) is 0 Å². The Bertz CT molecular complexity index is 66.3. The minimum Gasteiger partial charge on any atom is -0.391 e.